The number of alkyl halides is 4. The molecule has 2 aromatic rings. The van der Waals surface area contributed by atoms with Crippen molar-refractivity contribution in [2.45, 2.75) is 51.1 Å². The van der Waals surface area contributed by atoms with Gasteiger partial charge in [-0.1, -0.05) is 24.4 Å². The van der Waals surface area contributed by atoms with Crippen LogP contribution in [0.5, 0.6) is 0 Å². The van der Waals surface area contributed by atoms with Gasteiger partial charge < -0.3 is 9.73 Å². The molecule has 3 rings (SSSR count). The van der Waals surface area contributed by atoms with E-state index < -0.39 is 35.2 Å². The largest absolute Gasteiger partial charge is 0.454 e. The van der Waals surface area contributed by atoms with E-state index in [9.17, 15) is 22.4 Å². The van der Waals surface area contributed by atoms with Crippen LogP contribution >= 0.6 is 11.6 Å². The molecule has 1 amide bonds. The molecule has 0 aliphatic heterocycles. The van der Waals surface area contributed by atoms with Gasteiger partial charge in [-0.2, -0.15) is 5.10 Å². The van der Waals surface area contributed by atoms with Crippen LogP contribution in [0.2, 0.25) is 5.02 Å². The second-order valence-electron chi connectivity index (χ2n) is 6.06. The Hall–Kier alpha value is -2.03. The van der Waals surface area contributed by atoms with E-state index in [-0.39, 0.29) is 24.1 Å². The molecule has 0 aromatic carbocycles. The molecule has 1 fully saturated rings. The second-order valence-corrected chi connectivity index (χ2v) is 6.44. The third-order valence-electron chi connectivity index (χ3n) is 4.25. The van der Waals surface area contributed by atoms with Crippen molar-refractivity contribution in [3.63, 3.8) is 0 Å². The van der Waals surface area contributed by atoms with Crippen LogP contribution in [-0.4, -0.2) is 21.7 Å². The monoisotopic (exact) mass is 393 g/mol. The molecular weight excluding hydrogens is 378 g/mol. The molecule has 1 aliphatic carbocycles. The predicted molar refractivity (Wildman–Crippen MR) is 84.7 cm³/mol. The molecule has 0 unspecified atom stereocenters. The zero-order chi connectivity index (χ0) is 18.8. The minimum atomic E-state index is -3.08. The zero-order valence-electron chi connectivity index (χ0n) is 13.5. The van der Waals surface area contributed by atoms with Gasteiger partial charge in [0.25, 0.3) is 18.8 Å². The number of nitrogens with one attached hydrogen (secondary N) is 1. The Bertz CT molecular complexity index is 785. The Labute approximate surface area is 151 Å². The molecule has 0 saturated heterocycles. The van der Waals surface area contributed by atoms with Gasteiger partial charge in [-0.3, -0.25) is 9.48 Å². The minimum absolute atomic E-state index is 0.0258. The van der Waals surface area contributed by atoms with Gasteiger partial charge in [-0.25, -0.2) is 17.6 Å². The highest BCUT2D eigenvalue weighted by Gasteiger charge is 2.28. The molecule has 0 bridgehead atoms. The lowest BCUT2D eigenvalue weighted by Crippen LogP contribution is -2.32. The molecule has 2 aromatic heterocycles. The smallest absolute Gasteiger partial charge is 0.287 e. The maximum atomic E-state index is 13.1. The number of rotatable bonds is 6. The van der Waals surface area contributed by atoms with Gasteiger partial charge in [0.2, 0.25) is 0 Å². The number of furan rings is 1. The molecule has 5 nitrogen and oxygen atoms in total. The molecular formula is C16H16ClF4N3O2. The Balaban J connectivity index is 1.76. The topological polar surface area (TPSA) is 60.1 Å². The lowest BCUT2D eigenvalue weighted by molar-refractivity contribution is 0.0907. The lowest BCUT2D eigenvalue weighted by atomic mass is 10.2. The molecule has 2 heterocycles. The number of hydrogen-bond acceptors (Lipinski definition) is 3. The van der Waals surface area contributed by atoms with Crippen LogP contribution in [0.4, 0.5) is 17.6 Å². The summed E-state index contributed by atoms with van der Waals surface area (Å²) in [6, 6.07) is 2.91. The first kappa shape index (κ1) is 18.8. The molecule has 1 N–H and O–H groups in total. The highest BCUT2D eigenvalue weighted by molar-refractivity contribution is 6.32. The van der Waals surface area contributed by atoms with Crippen molar-refractivity contribution in [2.75, 3.05) is 0 Å². The van der Waals surface area contributed by atoms with E-state index in [1.807, 2.05) is 0 Å². The molecule has 0 atom stereocenters. The SMILES string of the molecule is O=C(NC1CCCC1)c1ccc(Cn2nc(C(F)F)c(Cl)c2C(F)F)o1. The van der Waals surface area contributed by atoms with Gasteiger partial charge in [-0.15, -0.1) is 0 Å². The second kappa shape index (κ2) is 7.69. The zero-order valence-corrected chi connectivity index (χ0v) is 14.3. The molecule has 0 spiro atoms. The molecule has 1 aliphatic rings. The summed E-state index contributed by atoms with van der Waals surface area (Å²) >= 11 is 5.60. The van der Waals surface area contributed by atoms with E-state index >= 15 is 0 Å². The number of hydrogen-bond donors (Lipinski definition) is 1. The Morgan fingerprint density at radius 1 is 1.27 bits per heavy atom. The maximum Gasteiger partial charge on any atom is 0.287 e. The number of carbonyl (C=O) groups excluding carboxylic acids is 1. The Kier molecular flexibility index (Phi) is 5.55. The number of amides is 1. The Morgan fingerprint density at radius 2 is 1.96 bits per heavy atom. The number of aromatic nitrogens is 2. The minimum Gasteiger partial charge on any atom is -0.454 e. The third kappa shape index (κ3) is 3.87. The summed E-state index contributed by atoms with van der Waals surface area (Å²) in [6.45, 7) is -0.344. The van der Waals surface area contributed by atoms with E-state index in [4.69, 9.17) is 16.0 Å². The Morgan fingerprint density at radius 3 is 2.58 bits per heavy atom. The lowest BCUT2D eigenvalue weighted by Gasteiger charge is -2.10. The van der Waals surface area contributed by atoms with Crippen LogP contribution in [0.15, 0.2) is 16.5 Å². The van der Waals surface area contributed by atoms with E-state index in [1.54, 1.807) is 0 Å². The van der Waals surface area contributed by atoms with Crippen molar-refractivity contribution in [2.24, 2.45) is 0 Å². The van der Waals surface area contributed by atoms with Gasteiger partial charge in [0, 0.05) is 6.04 Å². The average Bonchev–Trinajstić information content (AvgIpc) is 3.28. The van der Waals surface area contributed by atoms with Crippen LogP contribution in [0.3, 0.4) is 0 Å². The summed E-state index contributed by atoms with van der Waals surface area (Å²) in [5, 5.41) is 5.53. The number of nitrogens with zero attached hydrogens (tertiary/aromatic N) is 2. The fraction of sp³-hybridized carbons (Fsp3) is 0.500. The van der Waals surface area contributed by atoms with Crippen molar-refractivity contribution in [1.29, 1.82) is 0 Å². The van der Waals surface area contributed by atoms with Gasteiger partial charge in [-0.05, 0) is 25.0 Å². The molecule has 10 heteroatoms. The van der Waals surface area contributed by atoms with E-state index in [0.717, 1.165) is 25.7 Å². The summed E-state index contributed by atoms with van der Waals surface area (Å²) in [4.78, 5) is 12.1. The highest BCUT2D eigenvalue weighted by Crippen LogP contribution is 2.35. The van der Waals surface area contributed by atoms with Crippen LogP contribution < -0.4 is 5.32 Å². The van der Waals surface area contributed by atoms with Gasteiger partial charge >= 0.3 is 0 Å². The predicted octanol–water partition coefficient (Wildman–Crippen LogP) is 4.73. The molecule has 142 valence electrons. The quantitative estimate of drug-likeness (QED) is 0.722. The highest BCUT2D eigenvalue weighted by atomic mass is 35.5. The van der Waals surface area contributed by atoms with Crippen molar-refractivity contribution in [1.82, 2.24) is 15.1 Å². The van der Waals surface area contributed by atoms with Crippen molar-refractivity contribution >= 4 is 17.5 Å². The fourth-order valence-electron chi connectivity index (χ4n) is 3.00. The van der Waals surface area contributed by atoms with Crippen molar-refractivity contribution in [3.05, 3.63) is 40.1 Å². The van der Waals surface area contributed by atoms with Gasteiger partial charge in [0.15, 0.2) is 5.76 Å². The number of halogens is 5. The number of carbonyl (C=O) groups is 1. The first-order valence-electron chi connectivity index (χ1n) is 8.08. The fourth-order valence-corrected chi connectivity index (χ4v) is 3.30. The van der Waals surface area contributed by atoms with Crippen LogP contribution in [0.25, 0.3) is 0 Å². The van der Waals surface area contributed by atoms with Crippen molar-refractivity contribution < 1.29 is 26.8 Å². The van der Waals surface area contributed by atoms with Crippen LogP contribution in [0, 0.1) is 0 Å². The van der Waals surface area contributed by atoms with Gasteiger partial charge in [0.05, 0.1) is 11.6 Å². The summed E-state index contributed by atoms with van der Waals surface area (Å²) < 4.78 is 58.0. The summed E-state index contributed by atoms with van der Waals surface area (Å²) in [5.74, 6) is -0.245. The molecule has 1 saturated carbocycles. The normalized spacial score (nSPS) is 15.3. The van der Waals surface area contributed by atoms with E-state index in [1.165, 1.54) is 12.1 Å². The summed E-state index contributed by atoms with van der Waals surface area (Å²) in [6.07, 6.45) is -2.25. The third-order valence-corrected chi connectivity index (χ3v) is 4.64. The van der Waals surface area contributed by atoms with E-state index in [2.05, 4.69) is 10.4 Å². The van der Waals surface area contributed by atoms with Crippen LogP contribution in [-0.2, 0) is 6.54 Å². The summed E-state index contributed by atoms with van der Waals surface area (Å²) in [5.41, 5.74) is -1.72. The van der Waals surface area contributed by atoms with E-state index in [0.29, 0.717) is 4.68 Å². The van der Waals surface area contributed by atoms with Gasteiger partial charge in [0.1, 0.15) is 17.1 Å². The first-order valence-corrected chi connectivity index (χ1v) is 8.46. The van der Waals surface area contributed by atoms with Crippen LogP contribution in [0.1, 0.15) is 66.2 Å². The first-order chi connectivity index (χ1) is 12.4. The molecule has 26 heavy (non-hydrogen) atoms. The maximum absolute atomic E-state index is 13.1. The standard InChI is InChI=1S/C16H16ClF4N3O2/c17-11-12(14(18)19)23-24(13(11)15(20)21)7-9-5-6-10(26-9)16(25)22-8-3-1-2-4-8/h5-6,8,14-15H,1-4,7H2,(H,22,25). The average molecular weight is 394 g/mol. The molecule has 0 radical (unpaired) electrons. The summed E-state index contributed by atoms with van der Waals surface area (Å²) in [7, 11) is 0. The van der Waals surface area contributed by atoms with Crippen molar-refractivity contribution in [3.8, 4) is 0 Å².